The Kier molecular flexibility index (Phi) is 4.60. The third-order valence-electron chi connectivity index (χ3n) is 3.72. The van der Waals surface area contributed by atoms with Gasteiger partial charge in [0.25, 0.3) is 5.91 Å². The molecule has 2 N–H and O–H groups in total. The van der Waals surface area contributed by atoms with Crippen molar-refractivity contribution in [3.63, 3.8) is 0 Å². The number of rotatable bonds is 6. The van der Waals surface area contributed by atoms with E-state index in [1.165, 1.54) is 6.20 Å². The number of nitrogens with one attached hydrogen (secondary N) is 1. The zero-order valence-electron chi connectivity index (χ0n) is 11.8. The predicted octanol–water partition coefficient (Wildman–Crippen LogP) is 2.15. The Morgan fingerprint density at radius 3 is 2.80 bits per heavy atom. The minimum atomic E-state index is -0.275. The second-order valence-corrected chi connectivity index (χ2v) is 6.14. The molecule has 110 valence electrons. The van der Waals surface area contributed by atoms with Crippen LogP contribution < -0.4 is 5.32 Å². The number of carbonyl (C=O) groups excluding carboxylic acids is 1. The van der Waals surface area contributed by atoms with Crippen molar-refractivity contribution in [3.8, 4) is 0 Å². The van der Waals surface area contributed by atoms with Gasteiger partial charge in [-0.25, -0.2) is 9.97 Å². The first-order valence-corrected chi connectivity index (χ1v) is 7.27. The Hall–Kier alpha value is -1.20. The first-order chi connectivity index (χ1) is 9.47. The number of nitrogens with zero attached hydrogens (tertiary/aromatic N) is 2. The van der Waals surface area contributed by atoms with Crippen LogP contribution in [-0.4, -0.2) is 34.1 Å². The van der Waals surface area contributed by atoms with Crippen LogP contribution in [0.3, 0.4) is 0 Å². The Bertz CT molecular complexity index is 501. The van der Waals surface area contributed by atoms with Gasteiger partial charge < -0.3 is 10.4 Å². The lowest BCUT2D eigenvalue weighted by Gasteiger charge is -2.15. The normalized spacial score (nSPS) is 16.2. The molecule has 6 heteroatoms. The molecule has 5 nitrogen and oxygen atoms in total. The minimum Gasteiger partial charge on any atom is -0.396 e. The average molecular weight is 298 g/mol. The number of halogens is 1. The Balaban J connectivity index is 2.03. The maximum absolute atomic E-state index is 12.2. The van der Waals surface area contributed by atoms with E-state index in [0.717, 1.165) is 19.3 Å². The van der Waals surface area contributed by atoms with Crippen molar-refractivity contribution in [2.24, 2.45) is 5.41 Å². The first kappa shape index (κ1) is 15.2. The molecule has 1 aromatic heterocycles. The standard InChI is InChI=1S/C14H20ClN3O2/c1-9(2)12-16-7-10(15)11(18-12)13(20)17-8-14(3-4-14)5-6-19/h7,9,19H,3-6,8H2,1-2H3,(H,17,20). The van der Waals surface area contributed by atoms with Crippen LogP contribution in [0.2, 0.25) is 5.02 Å². The highest BCUT2D eigenvalue weighted by Gasteiger charge is 2.42. The fourth-order valence-corrected chi connectivity index (χ4v) is 2.28. The molecule has 0 aromatic carbocycles. The second-order valence-electron chi connectivity index (χ2n) is 5.74. The largest absolute Gasteiger partial charge is 0.396 e. The summed E-state index contributed by atoms with van der Waals surface area (Å²) >= 11 is 6.00. The fraction of sp³-hybridized carbons (Fsp3) is 0.643. The highest BCUT2D eigenvalue weighted by Crippen LogP contribution is 2.47. The lowest BCUT2D eigenvalue weighted by atomic mass is 10.0. The number of hydrogen-bond acceptors (Lipinski definition) is 4. The van der Waals surface area contributed by atoms with Crippen molar-refractivity contribution < 1.29 is 9.90 Å². The van der Waals surface area contributed by atoms with Crippen molar-refractivity contribution in [3.05, 3.63) is 22.7 Å². The number of amides is 1. The lowest BCUT2D eigenvalue weighted by Crippen LogP contribution is -2.31. The van der Waals surface area contributed by atoms with Gasteiger partial charge in [0.15, 0.2) is 0 Å². The number of carbonyl (C=O) groups is 1. The monoisotopic (exact) mass is 297 g/mol. The Morgan fingerprint density at radius 2 is 2.25 bits per heavy atom. The summed E-state index contributed by atoms with van der Waals surface area (Å²) in [6.45, 7) is 4.64. The summed E-state index contributed by atoms with van der Waals surface area (Å²) < 4.78 is 0. The maximum atomic E-state index is 12.2. The fourth-order valence-electron chi connectivity index (χ4n) is 2.10. The van der Waals surface area contributed by atoms with Gasteiger partial charge in [0.1, 0.15) is 11.5 Å². The molecular weight excluding hydrogens is 278 g/mol. The van der Waals surface area contributed by atoms with Crippen LogP contribution >= 0.6 is 11.6 Å². The van der Waals surface area contributed by atoms with Gasteiger partial charge in [-0.1, -0.05) is 25.4 Å². The number of aromatic nitrogens is 2. The van der Waals surface area contributed by atoms with Gasteiger partial charge in [-0.15, -0.1) is 0 Å². The molecular formula is C14H20ClN3O2. The third kappa shape index (κ3) is 3.46. The van der Waals surface area contributed by atoms with Crippen LogP contribution in [0.5, 0.6) is 0 Å². The van der Waals surface area contributed by atoms with Crippen molar-refractivity contribution in [2.45, 2.75) is 39.0 Å². The molecule has 1 aromatic rings. The van der Waals surface area contributed by atoms with Gasteiger partial charge >= 0.3 is 0 Å². The van der Waals surface area contributed by atoms with Crippen molar-refractivity contribution in [1.82, 2.24) is 15.3 Å². The number of aliphatic hydroxyl groups excluding tert-OH is 1. The van der Waals surface area contributed by atoms with Crippen LogP contribution in [0.25, 0.3) is 0 Å². The molecule has 0 aliphatic heterocycles. The molecule has 0 atom stereocenters. The molecule has 0 saturated heterocycles. The third-order valence-corrected chi connectivity index (χ3v) is 3.99. The molecule has 1 amide bonds. The van der Waals surface area contributed by atoms with Gasteiger partial charge in [-0.05, 0) is 24.7 Å². The van der Waals surface area contributed by atoms with Gasteiger partial charge in [0.2, 0.25) is 0 Å². The molecule has 1 aliphatic carbocycles. The molecule has 0 unspecified atom stereocenters. The van der Waals surface area contributed by atoms with E-state index in [0.29, 0.717) is 12.4 Å². The quantitative estimate of drug-likeness (QED) is 0.843. The Labute approximate surface area is 123 Å². The van der Waals surface area contributed by atoms with Gasteiger partial charge in [0, 0.05) is 19.1 Å². The van der Waals surface area contributed by atoms with E-state index < -0.39 is 0 Å². The van der Waals surface area contributed by atoms with Crippen LogP contribution in [0.4, 0.5) is 0 Å². The van der Waals surface area contributed by atoms with Crippen LogP contribution in [0.1, 0.15) is 55.3 Å². The maximum Gasteiger partial charge on any atom is 0.271 e. The molecule has 0 bridgehead atoms. The number of hydrogen-bond donors (Lipinski definition) is 2. The van der Waals surface area contributed by atoms with E-state index in [1.54, 1.807) is 0 Å². The van der Waals surface area contributed by atoms with Gasteiger partial charge in [-0.3, -0.25) is 4.79 Å². The zero-order valence-corrected chi connectivity index (χ0v) is 12.6. The second kappa shape index (κ2) is 6.06. The van der Waals surface area contributed by atoms with Crippen LogP contribution in [-0.2, 0) is 0 Å². The average Bonchev–Trinajstić information content (AvgIpc) is 3.17. The SMILES string of the molecule is CC(C)c1ncc(Cl)c(C(=O)NCC2(CCO)CC2)n1. The molecule has 1 fully saturated rings. The van der Waals surface area contributed by atoms with Gasteiger partial charge in [0.05, 0.1) is 11.2 Å². The highest BCUT2D eigenvalue weighted by molar-refractivity contribution is 6.33. The molecule has 0 radical (unpaired) electrons. The predicted molar refractivity (Wildman–Crippen MR) is 76.8 cm³/mol. The summed E-state index contributed by atoms with van der Waals surface area (Å²) in [7, 11) is 0. The van der Waals surface area contributed by atoms with E-state index in [4.69, 9.17) is 16.7 Å². The van der Waals surface area contributed by atoms with Crippen molar-refractivity contribution in [1.29, 1.82) is 0 Å². The van der Waals surface area contributed by atoms with E-state index >= 15 is 0 Å². The zero-order chi connectivity index (χ0) is 14.8. The molecule has 1 heterocycles. The summed E-state index contributed by atoms with van der Waals surface area (Å²) in [4.78, 5) is 20.5. The number of aliphatic hydroxyl groups is 1. The first-order valence-electron chi connectivity index (χ1n) is 6.89. The van der Waals surface area contributed by atoms with Gasteiger partial charge in [-0.2, -0.15) is 0 Å². The summed E-state index contributed by atoms with van der Waals surface area (Å²) in [6.07, 6.45) is 4.28. The summed E-state index contributed by atoms with van der Waals surface area (Å²) in [5.41, 5.74) is 0.301. The minimum absolute atomic E-state index is 0.0742. The summed E-state index contributed by atoms with van der Waals surface area (Å²) in [6, 6.07) is 0. The molecule has 1 saturated carbocycles. The smallest absolute Gasteiger partial charge is 0.271 e. The van der Waals surface area contributed by atoms with E-state index in [-0.39, 0.29) is 34.6 Å². The lowest BCUT2D eigenvalue weighted by molar-refractivity contribution is 0.0935. The summed E-state index contributed by atoms with van der Waals surface area (Å²) in [5, 5.41) is 12.1. The van der Waals surface area contributed by atoms with Crippen LogP contribution in [0, 0.1) is 5.41 Å². The van der Waals surface area contributed by atoms with E-state index in [9.17, 15) is 4.79 Å². The topological polar surface area (TPSA) is 75.1 Å². The van der Waals surface area contributed by atoms with E-state index in [1.807, 2.05) is 13.8 Å². The highest BCUT2D eigenvalue weighted by atomic mass is 35.5. The van der Waals surface area contributed by atoms with Crippen LogP contribution in [0.15, 0.2) is 6.20 Å². The molecule has 2 rings (SSSR count). The molecule has 20 heavy (non-hydrogen) atoms. The summed E-state index contributed by atoms with van der Waals surface area (Å²) in [5.74, 6) is 0.475. The van der Waals surface area contributed by atoms with E-state index in [2.05, 4.69) is 15.3 Å². The van der Waals surface area contributed by atoms with Crippen molar-refractivity contribution >= 4 is 17.5 Å². The Morgan fingerprint density at radius 1 is 1.55 bits per heavy atom. The van der Waals surface area contributed by atoms with Crippen molar-refractivity contribution in [2.75, 3.05) is 13.2 Å². The molecule has 0 spiro atoms. The molecule has 1 aliphatic rings.